The summed E-state index contributed by atoms with van der Waals surface area (Å²) in [5.41, 5.74) is -0.0528. The highest BCUT2D eigenvalue weighted by Gasteiger charge is 2.12. The number of halogens is 1. The predicted octanol–water partition coefficient (Wildman–Crippen LogP) is 2.32. The van der Waals surface area contributed by atoms with Crippen LogP contribution in [0.1, 0.15) is 16.1 Å². The van der Waals surface area contributed by atoms with E-state index in [0.717, 1.165) is 6.07 Å². The molecule has 6 heteroatoms. The number of ether oxygens (including phenoxy) is 2. The van der Waals surface area contributed by atoms with Gasteiger partial charge >= 0.3 is 5.97 Å². The zero-order valence-electron chi connectivity index (χ0n) is 10.5. The van der Waals surface area contributed by atoms with E-state index in [9.17, 15) is 9.18 Å². The third-order valence-corrected chi connectivity index (χ3v) is 2.45. The Morgan fingerprint density at radius 2 is 2.05 bits per heavy atom. The van der Waals surface area contributed by atoms with Crippen molar-refractivity contribution < 1.29 is 18.7 Å². The molecule has 20 heavy (non-hydrogen) atoms. The lowest BCUT2D eigenvalue weighted by Gasteiger charge is -2.05. The number of carbonyl (C=O) groups is 1. The van der Waals surface area contributed by atoms with Gasteiger partial charge in [0.05, 0.1) is 18.9 Å². The van der Waals surface area contributed by atoms with Crippen molar-refractivity contribution in [1.29, 1.82) is 5.26 Å². The van der Waals surface area contributed by atoms with Crippen LogP contribution in [0.5, 0.6) is 11.5 Å². The van der Waals surface area contributed by atoms with E-state index in [0.29, 0.717) is 5.75 Å². The van der Waals surface area contributed by atoms with Gasteiger partial charge in [0.25, 0.3) is 0 Å². The van der Waals surface area contributed by atoms with Crippen LogP contribution < -0.4 is 9.47 Å². The molecule has 2 rings (SSSR count). The summed E-state index contributed by atoms with van der Waals surface area (Å²) in [4.78, 5) is 15.6. The first-order valence-corrected chi connectivity index (χ1v) is 5.56. The van der Waals surface area contributed by atoms with Gasteiger partial charge in [-0.25, -0.2) is 14.2 Å². The molecule has 0 atom stereocenters. The highest BCUT2D eigenvalue weighted by Crippen LogP contribution is 2.17. The van der Waals surface area contributed by atoms with Crippen LogP contribution in [-0.4, -0.2) is 18.1 Å². The topological polar surface area (TPSA) is 72.2 Å². The number of hydrogen-bond donors (Lipinski definition) is 0. The number of nitriles is 1. The molecule has 0 fully saturated rings. The van der Waals surface area contributed by atoms with Gasteiger partial charge in [-0.05, 0) is 24.3 Å². The zero-order chi connectivity index (χ0) is 14.5. The normalized spacial score (nSPS) is 9.65. The summed E-state index contributed by atoms with van der Waals surface area (Å²) in [5.74, 6) is -0.965. The number of esters is 1. The highest BCUT2D eigenvalue weighted by atomic mass is 19.1. The maximum Gasteiger partial charge on any atom is 0.362 e. The SMILES string of the molecule is COc1ccc(C(=O)Oc2ccc(C#N)c(F)c2)nc1. The summed E-state index contributed by atoms with van der Waals surface area (Å²) in [6.07, 6.45) is 1.37. The molecular weight excluding hydrogens is 263 g/mol. The molecule has 1 aromatic carbocycles. The van der Waals surface area contributed by atoms with E-state index < -0.39 is 11.8 Å². The molecule has 1 aromatic heterocycles. The minimum Gasteiger partial charge on any atom is -0.495 e. The van der Waals surface area contributed by atoms with Crippen molar-refractivity contribution in [2.75, 3.05) is 7.11 Å². The summed E-state index contributed by atoms with van der Waals surface area (Å²) in [6.45, 7) is 0. The molecule has 0 aliphatic rings. The molecule has 0 spiro atoms. The van der Waals surface area contributed by atoms with Crippen molar-refractivity contribution in [3.63, 3.8) is 0 Å². The highest BCUT2D eigenvalue weighted by molar-refractivity contribution is 5.89. The lowest BCUT2D eigenvalue weighted by atomic mass is 10.2. The molecule has 0 unspecified atom stereocenters. The fourth-order valence-corrected chi connectivity index (χ4v) is 1.43. The van der Waals surface area contributed by atoms with Gasteiger partial charge in [-0.15, -0.1) is 0 Å². The van der Waals surface area contributed by atoms with Crippen LogP contribution in [0, 0.1) is 17.1 Å². The van der Waals surface area contributed by atoms with Gasteiger partial charge in [-0.2, -0.15) is 5.26 Å². The van der Waals surface area contributed by atoms with E-state index in [1.54, 1.807) is 12.1 Å². The van der Waals surface area contributed by atoms with Gasteiger partial charge in [0.15, 0.2) is 0 Å². The molecule has 0 saturated heterocycles. The van der Waals surface area contributed by atoms with Crippen LogP contribution >= 0.6 is 0 Å². The van der Waals surface area contributed by atoms with Crippen molar-refractivity contribution in [2.45, 2.75) is 0 Å². The molecular formula is C14H9FN2O3. The third-order valence-electron chi connectivity index (χ3n) is 2.45. The van der Waals surface area contributed by atoms with E-state index in [4.69, 9.17) is 14.7 Å². The van der Waals surface area contributed by atoms with Crippen LogP contribution in [-0.2, 0) is 0 Å². The van der Waals surface area contributed by atoms with E-state index in [-0.39, 0.29) is 17.0 Å². The molecule has 0 aliphatic heterocycles. The lowest BCUT2D eigenvalue weighted by Crippen LogP contribution is -2.10. The van der Waals surface area contributed by atoms with Crippen LogP contribution in [0.15, 0.2) is 36.5 Å². The smallest absolute Gasteiger partial charge is 0.362 e. The number of methoxy groups -OCH3 is 1. The minimum atomic E-state index is -0.750. The number of pyridine rings is 1. The Kier molecular flexibility index (Phi) is 3.91. The third kappa shape index (κ3) is 2.90. The van der Waals surface area contributed by atoms with Crippen molar-refractivity contribution in [3.05, 3.63) is 53.6 Å². The zero-order valence-corrected chi connectivity index (χ0v) is 10.5. The summed E-state index contributed by atoms with van der Waals surface area (Å²) in [5, 5.41) is 8.60. The fourth-order valence-electron chi connectivity index (χ4n) is 1.43. The maximum absolute atomic E-state index is 13.4. The van der Waals surface area contributed by atoms with Gasteiger partial charge in [-0.3, -0.25) is 0 Å². The van der Waals surface area contributed by atoms with E-state index >= 15 is 0 Å². The average Bonchev–Trinajstić information content (AvgIpc) is 2.47. The molecule has 100 valence electrons. The largest absolute Gasteiger partial charge is 0.495 e. The Balaban J connectivity index is 2.15. The number of nitrogens with zero attached hydrogens (tertiary/aromatic N) is 2. The lowest BCUT2D eigenvalue weighted by molar-refractivity contribution is 0.0728. The molecule has 0 N–H and O–H groups in total. The quantitative estimate of drug-likeness (QED) is 0.633. The van der Waals surface area contributed by atoms with Crippen LogP contribution in [0.25, 0.3) is 0 Å². The number of carbonyl (C=O) groups excluding carboxylic acids is 1. The Bertz CT molecular complexity index is 678. The first kappa shape index (κ1) is 13.5. The summed E-state index contributed by atoms with van der Waals surface area (Å²) >= 11 is 0. The molecule has 2 aromatic rings. The van der Waals surface area contributed by atoms with Crippen molar-refractivity contribution in [3.8, 4) is 17.6 Å². The fraction of sp³-hybridized carbons (Fsp3) is 0.0714. The van der Waals surface area contributed by atoms with E-state index in [1.807, 2.05) is 0 Å². The summed E-state index contributed by atoms with van der Waals surface area (Å²) < 4.78 is 23.2. The summed E-state index contributed by atoms with van der Waals surface area (Å²) in [7, 11) is 1.48. The Morgan fingerprint density at radius 3 is 2.60 bits per heavy atom. The number of benzene rings is 1. The predicted molar refractivity (Wildman–Crippen MR) is 66.9 cm³/mol. The van der Waals surface area contributed by atoms with Crippen LogP contribution in [0.3, 0.4) is 0 Å². The second-order valence-electron chi connectivity index (χ2n) is 3.73. The molecule has 0 radical (unpaired) electrons. The van der Waals surface area contributed by atoms with E-state index in [2.05, 4.69) is 4.98 Å². The molecule has 0 aliphatic carbocycles. The second-order valence-corrected chi connectivity index (χ2v) is 3.73. The van der Waals surface area contributed by atoms with E-state index in [1.165, 1.54) is 31.5 Å². The average molecular weight is 272 g/mol. The number of rotatable bonds is 3. The van der Waals surface area contributed by atoms with Gasteiger partial charge in [-0.1, -0.05) is 0 Å². The Labute approximate surface area is 114 Å². The van der Waals surface area contributed by atoms with Gasteiger partial charge in [0.1, 0.15) is 29.1 Å². The molecule has 5 nitrogen and oxygen atoms in total. The first-order valence-electron chi connectivity index (χ1n) is 5.56. The van der Waals surface area contributed by atoms with Crippen molar-refractivity contribution in [2.24, 2.45) is 0 Å². The van der Waals surface area contributed by atoms with Crippen LogP contribution in [0.4, 0.5) is 4.39 Å². The van der Waals surface area contributed by atoms with Crippen LogP contribution in [0.2, 0.25) is 0 Å². The molecule has 0 bridgehead atoms. The molecule has 0 saturated carbocycles. The first-order chi connectivity index (χ1) is 9.63. The van der Waals surface area contributed by atoms with Gasteiger partial charge in [0.2, 0.25) is 0 Å². The van der Waals surface area contributed by atoms with Crippen molar-refractivity contribution in [1.82, 2.24) is 4.98 Å². The second kappa shape index (κ2) is 5.80. The number of aromatic nitrogens is 1. The summed E-state index contributed by atoms with van der Waals surface area (Å²) in [6, 6.07) is 8.21. The van der Waals surface area contributed by atoms with Gasteiger partial charge in [0, 0.05) is 6.07 Å². The molecule has 0 amide bonds. The maximum atomic E-state index is 13.4. The van der Waals surface area contributed by atoms with Crippen molar-refractivity contribution >= 4 is 5.97 Å². The molecule has 1 heterocycles. The Morgan fingerprint density at radius 1 is 1.30 bits per heavy atom. The number of hydrogen-bond acceptors (Lipinski definition) is 5. The Hall–Kier alpha value is -2.94. The minimum absolute atomic E-state index is 0.00381. The monoisotopic (exact) mass is 272 g/mol. The standard InChI is InChI=1S/C14H9FN2O3/c1-19-11-4-5-13(17-8-11)14(18)20-10-3-2-9(7-16)12(15)6-10/h2-6,8H,1H3. The van der Waals surface area contributed by atoms with Gasteiger partial charge < -0.3 is 9.47 Å².